The third kappa shape index (κ3) is 6.20. The second kappa shape index (κ2) is 10.1. The van der Waals surface area contributed by atoms with Crippen molar-refractivity contribution < 1.29 is 31.1 Å². The second-order valence-electron chi connectivity index (χ2n) is 8.48. The van der Waals surface area contributed by atoms with E-state index in [9.17, 15) is 31.1 Å². The number of pyridine rings is 1. The number of carbonyl (C=O) groups is 1. The van der Waals surface area contributed by atoms with Crippen LogP contribution < -0.4 is 0 Å². The van der Waals surface area contributed by atoms with Crippen LogP contribution in [0.2, 0.25) is 0 Å². The van der Waals surface area contributed by atoms with Crippen LogP contribution in [-0.2, 0) is 4.79 Å². The SMILES string of the molecule is C/C(=C(Br)\C=C(/C)C(=O)N1CCC(c2cccnc2)C1)C1C=C(C(F)(F)F)C=C(C(F)(F)F)C1. The maximum absolute atomic E-state index is 13.2. The minimum absolute atomic E-state index is 0.159. The molecule has 0 bridgehead atoms. The molecule has 1 aliphatic carbocycles. The molecule has 3 rings (SSSR count). The zero-order valence-electron chi connectivity index (χ0n) is 18.5. The number of rotatable bonds is 4. The molecule has 2 aliphatic rings. The Morgan fingerprint density at radius 2 is 1.88 bits per heavy atom. The topological polar surface area (TPSA) is 33.2 Å². The van der Waals surface area contributed by atoms with Crippen LogP contribution in [0.15, 0.2) is 69.5 Å². The van der Waals surface area contributed by atoms with E-state index in [0.29, 0.717) is 18.7 Å². The third-order valence-electron chi connectivity index (χ3n) is 6.09. The molecule has 0 spiro atoms. The Labute approximate surface area is 202 Å². The molecule has 0 saturated carbocycles. The van der Waals surface area contributed by atoms with Gasteiger partial charge in [0.15, 0.2) is 0 Å². The summed E-state index contributed by atoms with van der Waals surface area (Å²) in [6, 6.07) is 3.78. The zero-order valence-corrected chi connectivity index (χ0v) is 20.1. The number of carbonyl (C=O) groups excluding carboxylic acids is 1. The molecule has 10 heteroatoms. The maximum atomic E-state index is 13.2. The Morgan fingerprint density at radius 3 is 2.47 bits per heavy atom. The summed E-state index contributed by atoms with van der Waals surface area (Å²) in [7, 11) is 0. The van der Waals surface area contributed by atoms with Gasteiger partial charge >= 0.3 is 12.4 Å². The summed E-state index contributed by atoms with van der Waals surface area (Å²) >= 11 is 3.26. The van der Waals surface area contributed by atoms with E-state index < -0.39 is 35.8 Å². The van der Waals surface area contributed by atoms with E-state index in [2.05, 4.69) is 20.9 Å². The quantitative estimate of drug-likeness (QED) is 0.230. The molecule has 1 aliphatic heterocycles. The molecule has 0 N–H and O–H groups in total. The maximum Gasteiger partial charge on any atom is 0.416 e. The van der Waals surface area contributed by atoms with E-state index in [1.54, 1.807) is 24.2 Å². The largest absolute Gasteiger partial charge is 0.416 e. The zero-order chi connectivity index (χ0) is 25.3. The van der Waals surface area contributed by atoms with Gasteiger partial charge in [-0.15, -0.1) is 0 Å². The molecular weight excluding hydrogens is 526 g/mol. The van der Waals surface area contributed by atoms with Crippen molar-refractivity contribution >= 4 is 21.8 Å². The van der Waals surface area contributed by atoms with Gasteiger partial charge in [-0.3, -0.25) is 9.78 Å². The van der Waals surface area contributed by atoms with Crippen LogP contribution in [-0.4, -0.2) is 41.2 Å². The van der Waals surface area contributed by atoms with E-state index in [-0.39, 0.29) is 28.0 Å². The highest BCUT2D eigenvalue weighted by atomic mass is 79.9. The number of hydrogen-bond acceptors (Lipinski definition) is 2. The summed E-state index contributed by atoms with van der Waals surface area (Å²) in [5, 5.41) is 0. The third-order valence-corrected chi connectivity index (χ3v) is 6.94. The van der Waals surface area contributed by atoms with Gasteiger partial charge in [0.05, 0.1) is 5.57 Å². The van der Waals surface area contributed by atoms with Gasteiger partial charge in [0.25, 0.3) is 0 Å². The van der Waals surface area contributed by atoms with Gasteiger partial charge in [-0.1, -0.05) is 33.6 Å². The lowest BCUT2D eigenvalue weighted by atomic mass is 9.85. The molecule has 34 heavy (non-hydrogen) atoms. The van der Waals surface area contributed by atoms with Gasteiger partial charge in [0.1, 0.15) is 0 Å². The van der Waals surface area contributed by atoms with Gasteiger partial charge < -0.3 is 4.90 Å². The average molecular weight is 549 g/mol. The van der Waals surface area contributed by atoms with E-state index in [4.69, 9.17) is 0 Å². The van der Waals surface area contributed by atoms with E-state index >= 15 is 0 Å². The van der Waals surface area contributed by atoms with Crippen molar-refractivity contribution in [3.05, 3.63) is 75.1 Å². The van der Waals surface area contributed by atoms with Crippen molar-refractivity contribution in [2.75, 3.05) is 13.1 Å². The fourth-order valence-electron chi connectivity index (χ4n) is 4.09. The fraction of sp³-hybridized carbons (Fsp3) is 0.417. The molecule has 2 heterocycles. The van der Waals surface area contributed by atoms with Gasteiger partial charge in [-0.05, 0) is 50.5 Å². The number of aromatic nitrogens is 1. The molecule has 1 saturated heterocycles. The number of likely N-dealkylation sites (tertiary alicyclic amines) is 1. The van der Waals surface area contributed by atoms with E-state index in [1.807, 2.05) is 12.1 Å². The fourth-order valence-corrected chi connectivity index (χ4v) is 4.72. The van der Waals surface area contributed by atoms with Crippen LogP contribution in [0.25, 0.3) is 0 Å². The Bertz CT molecular complexity index is 1050. The van der Waals surface area contributed by atoms with Crippen LogP contribution in [0.1, 0.15) is 38.2 Å². The smallest absolute Gasteiger partial charge is 0.338 e. The Balaban J connectivity index is 1.79. The van der Waals surface area contributed by atoms with E-state index in [1.165, 1.54) is 13.0 Å². The minimum atomic E-state index is -4.90. The highest BCUT2D eigenvalue weighted by Crippen LogP contribution is 2.42. The first kappa shape index (κ1) is 26.2. The Hall–Kier alpha value is -2.36. The first-order valence-corrected chi connectivity index (χ1v) is 11.4. The van der Waals surface area contributed by atoms with Crippen LogP contribution in [0, 0.1) is 5.92 Å². The van der Waals surface area contributed by atoms with Crippen LogP contribution in [0.4, 0.5) is 26.3 Å². The normalized spacial score (nSPS) is 22.9. The number of nitrogens with zero attached hydrogens (tertiary/aromatic N) is 2. The predicted molar refractivity (Wildman–Crippen MR) is 120 cm³/mol. The van der Waals surface area contributed by atoms with Crippen molar-refractivity contribution in [1.29, 1.82) is 0 Å². The molecule has 0 radical (unpaired) electrons. The number of halogens is 7. The molecule has 1 aromatic heterocycles. The van der Waals surface area contributed by atoms with Gasteiger partial charge in [-0.2, -0.15) is 26.3 Å². The molecule has 2 atom stereocenters. The first-order valence-electron chi connectivity index (χ1n) is 10.6. The molecule has 2 unspecified atom stereocenters. The second-order valence-corrected chi connectivity index (χ2v) is 9.33. The summed E-state index contributed by atoms with van der Waals surface area (Å²) < 4.78 is 79.6. The molecule has 0 aromatic carbocycles. The van der Waals surface area contributed by atoms with Crippen molar-refractivity contribution in [3.63, 3.8) is 0 Å². The molecule has 1 aromatic rings. The van der Waals surface area contributed by atoms with Crippen LogP contribution >= 0.6 is 15.9 Å². The monoisotopic (exact) mass is 548 g/mol. The lowest BCUT2D eigenvalue weighted by Crippen LogP contribution is -2.29. The van der Waals surface area contributed by atoms with Gasteiger partial charge in [-0.25, -0.2) is 0 Å². The summed E-state index contributed by atoms with van der Waals surface area (Å²) in [4.78, 5) is 18.7. The van der Waals surface area contributed by atoms with E-state index in [0.717, 1.165) is 18.1 Å². The number of amides is 1. The van der Waals surface area contributed by atoms with Crippen LogP contribution in [0.3, 0.4) is 0 Å². The number of alkyl halides is 6. The first-order chi connectivity index (χ1) is 15.8. The standard InChI is InChI=1S/C24H23BrF6N2O/c1-14(22(34)33-7-5-17(13-33)16-4-3-6-32-12-16)8-21(25)15(2)18-9-19(23(26,27)28)11-20(10-18)24(29,30)31/h3-4,6,8-9,11-12,17-18H,5,7,10,13H2,1-2H3/b14-8+,21-15-. The summed E-state index contributed by atoms with van der Waals surface area (Å²) in [6.07, 6.45) is -3.73. The molecular formula is C24H23BrF6N2O. The Kier molecular flexibility index (Phi) is 7.79. The predicted octanol–water partition coefficient (Wildman–Crippen LogP) is 7.01. The summed E-state index contributed by atoms with van der Waals surface area (Å²) in [6.45, 7) is 4.09. The molecule has 1 amide bonds. The number of allylic oxidation sites excluding steroid dienone is 7. The Morgan fingerprint density at radius 1 is 1.18 bits per heavy atom. The lowest BCUT2D eigenvalue weighted by Gasteiger charge is -2.25. The average Bonchev–Trinajstić information content (AvgIpc) is 3.27. The lowest BCUT2D eigenvalue weighted by molar-refractivity contribution is -0.126. The number of hydrogen-bond donors (Lipinski definition) is 0. The highest BCUT2D eigenvalue weighted by molar-refractivity contribution is 9.11. The summed E-state index contributed by atoms with van der Waals surface area (Å²) in [5.41, 5.74) is -0.915. The van der Waals surface area contributed by atoms with Crippen molar-refractivity contribution in [1.82, 2.24) is 9.88 Å². The van der Waals surface area contributed by atoms with Crippen molar-refractivity contribution in [3.8, 4) is 0 Å². The molecule has 1 fully saturated rings. The summed E-state index contributed by atoms with van der Waals surface area (Å²) in [5.74, 6) is -1.19. The molecule has 3 nitrogen and oxygen atoms in total. The van der Waals surface area contributed by atoms with Crippen molar-refractivity contribution in [2.24, 2.45) is 5.92 Å². The van der Waals surface area contributed by atoms with Gasteiger partial charge in [0, 0.05) is 52.9 Å². The highest BCUT2D eigenvalue weighted by Gasteiger charge is 2.42. The minimum Gasteiger partial charge on any atom is -0.338 e. The van der Waals surface area contributed by atoms with Crippen molar-refractivity contribution in [2.45, 2.75) is 45.0 Å². The van der Waals surface area contributed by atoms with Gasteiger partial charge in [0.2, 0.25) is 5.91 Å². The molecule has 184 valence electrons. The van der Waals surface area contributed by atoms with Crippen LogP contribution in [0.5, 0.6) is 0 Å².